The monoisotopic (exact) mass is 380 g/mol. The molecule has 0 aliphatic carbocycles. The number of ether oxygens (including phenoxy) is 2. The first-order valence-electron chi connectivity index (χ1n) is 9.12. The molecule has 0 saturated carbocycles. The Hall–Kier alpha value is -2.35. The van der Waals surface area contributed by atoms with Gasteiger partial charge in [-0.15, -0.1) is 0 Å². The van der Waals surface area contributed by atoms with Crippen molar-refractivity contribution in [3.8, 4) is 5.75 Å². The zero-order valence-electron chi connectivity index (χ0n) is 16.3. The van der Waals surface area contributed by atoms with Crippen molar-refractivity contribution in [3.05, 3.63) is 30.1 Å². The van der Waals surface area contributed by atoms with Crippen LogP contribution in [0.4, 0.5) is 4.39 Å². The fourth-order valence-electron chi connectivity index (χ4n) is 2.54. The second kappa shape index (κ2) is 10.7. The van der Waals surface area contributed by atoms with Gasteiger partial charge in [0.2, 0.25) is 5.91 Å². The van der Waals surface area contributed by atoms with Crippen LogP contribution in [0.1, 0.15) is 6.42 Å². The fourth-order valence-corrected chi connectivity index (χ4v) is 2.54. The summed E-state index contributed by atoms with van der Waals surface area (Å²) >= 11 is 0. The Balaban J connectivity index is 1.89. The third-order valence-corrected chi connectivity index (χ3v) is 4.32. The molecule has 7 nitrogen and oxygen atoms in total. The minimum Gasteiger partial charge on any atom is -0.489 e. The molecule has 27 heavy (non-hydrogen) atoms. The maximum absolute atomic E-state index is 13.6. The Labute approximate surface area is 160 Å². The van der Waals surface area contributed by atoms with Crippen LogP contribution in [0.2, 0.25) is 0 Å². The number of guanidine groups is 1. The van der Waals surface area contributed by atoms with E-state index in [0.717, 1.165) is 26.2 Å². The summed E-state index contributed by atoms with van der Waals surface area (Å²) in [6.07, 6.45) is 1.01. The van der Waals surface area contributed by atoms with E-state index in [9.17, 15) is 9.18 Å². The number of carbonyl (C=O) groups is 1. The number of benzene rings is 1. The van der Waals surface area contributed by atoms with Crippen LogP contribution in [0.5, 0.6) is 5.75 Å². The lowest BCUT2D eigenvalue weighted by atomic mass is 10.1. The van der Waals surface area contributed by atoms with Crippen molar-refractivity contribution in [1.29, 1.82) is 0 Å². The third-order valence-electron chi connectivity index (χ3n) is 4.32. The molecule has 1 amide bonds. The number of nitrogens with zero attached hydrogens (tertiary/aromatic N) is 3. The summed E-state index contributed by atoms with van der Waals surface area (Å²) in [7, 11) is 5.27. The van der Waals surface area contributed by atoms with Crippen molar-refractivity contribution < 1.29 is 18.7 Å². The van der Waals surface area contributed by atoms with Crippen molar-refractivity contribution in [2.75, 3.05) is 60.6 Å². The molecule has 0 bridgehead atoms. The third kappa shape index (κ3) is 7.05. The average Bonchev–Trinajstić information content (AvgIpc) is 3.16. The van der Waals surface area contributed by atoms with Gasteiger partial charge in [-0.25, -0.2) is 9.38 Å². The van der Waals surface area contributed by atoms with Gasteiger partial charge in [0.05, 0.1) is 13.2 Å². The van der Waals surface area contributed by atoms with Gasteiger partial charge in [0, 0.05) is 40.2 Å². The zero-order chi connectivity index (χ0) is 19.6. The Morgan fingerprint density at radius 1 is 1.37 bits per heavy atom. The number of halogens is 1. The minimum atomic E-state index is -0.384. The van der Waals surface area contributed by atoms with E-state index in [0.29, 0.717) is 25.0 Å². The lowest BCUT2D eigenvalue weighted by molar-refractivity contribution is -0.127. The van der Waals surface area contributed by atoms with Crippen LogP contribution < -0.4 is 10.1 Å². The van der Waals surface area contributed by atoms with E-state index in [-0.39, 0.29) is 24.0 Å². The average molecular weight is 380 g/mol. The van der Waals surface area contributed by atoms with Gasteiger partial charge >= 0.3 is 0 Å². The van der Waals surface area contributed by atoms with E-state index in [1.807, 2.05) is 11.9 Å². The predicted molar refractivity (Wildman–Crippen MR) is 102 cm³/mol. The molecule has 1 atom stereocenters. The van der Waals surface area contributed by atoms with Crippen LogP contribution in [0.3, 0.4) is 0 Å². The first kappa shape index (κ1) is 21.0. The van der Waals surface area contributed by atoms with E-state index >= 15 is 0 Å². The normalized spacial score (nSPS) is 16.9. The van der Waals surface area contributed by atoms with Crippen LogP contribution in [-0.2, 0) is 9.53 Å². The number of para-hydroxylation sites is 1. The number of rotatable bonds is 8. The summed E-state index contributed by atoms with van der Waals surface area (Å²) in [5, 5.41) is 3.31. The maximum atomic E-state index is 13.6. The van der Waals surface area contributed by atoms with E-state index in [1.54, 1.807) is 32.3 Å². The van der Waals surface area contributed by atoms with Crippen LogP contribution in [0, 0.1) is 11.7 Å². The Kier molecular flexibility index (Phi) is 8.32. The van der Waals surface area contributed by atoms with E-state index < -0.39 is 0 Å². The number of amides is 1. The molecule has 1 aliphatic heterocycles. The first-order valence-corrected chi connectivity index (χ1v) is 9.12. The Bertz CT molecular complexity index is 633. The summed E-state index contributed by atoms with van der Waals surface area (Å²) in [6.45, 7) is 3.10. The van der Waals surface area contributed by atoms with Crippen molar-refractivity contribution in [2.45, 2.75) is 6.42 Å². The van der Waals surface area contributed by atoms with Crippen molar-refractivity contribution in [1.82, 2.24) is 15.1 Å². The number of likely N-dealkylation sites (N-methyl/N-ethyl adjacent to an activating group) is 2. The molecule has 0 radical (unpaired) electrons. The van der Waals surface area contributed by atoms with Crippen LogP contribution in [-0.4, -0.2) is 82.3 Å². The molecule has 2 rings (SSSR count). The van der Waals surface area contributed by atoms with Crippen LogP contribution >= 0.6 is 0 Å². The molecule has 8 heteroatoms. The highest BCUT2D eigenvalue weighted by atomic mass is 19.1. The zero-order valence-corrected chi connectivity index (χ0v) is 16.3. The van der Waals surface area contributed by atoms with Crippen molar-refractivity contribution >= 4 is 11.9 Å². The molecule has 1 N–H and O–H groups in total. The van der Waals surface area contributed by atoms with Crippen molar-refractivity contribution in [2.24, 2.45) is 10.9 Å². The minimum absolute atomic E-state index is 0.0645. The Morgan fingerprint density at radius 3 is 2.81 bits per heavy atom. The van der Waals surface area contributed by atoms with Gasteiger partial charge in [0.25, 0.3) is 0 Å². The summed E-state index contributed by atoms with van der Waals surface area (Å²) in [6, 6.07) is 6.31. The van der Waals surface area contributed by atoms with E-state index in [1.165, 1.54) is 11.0 Å². The molecular formula is C19H29FN4O3. The quantitative estimate of drug-likeness (QED) is 0.542. The number of hydrogen-bond acceptors (Lipinski definition) is 4. The largest absolute Gasteiger partial charge is 0.489 e. The van der Waals surface area contributed by atoms with Crippen LogP contribution in [0.15, 0.2) is 29.3 Å². The van der Waals surface area contributed by atoms with Gasteiger partial charge in [-0.1, -0.05) is 12.1 Å². The van der Waals surface area contributed by atoms with Gasteiger partial charge < -0.3 is 24.6 Å². The number of nitrogens with one attached hydrogen (secondary N) is 1. The molecule has 1 aromatic carbocycles. The molecule has 1 aliphatic rings. The molecule has 0 spiro atoms. The molecule has 0 aromatic heterocycles. The van der Waals surface area contributed by atoms with Gasteiger partial charge in [0.15, 0.2) is 17.5 Å². The maximum Gasteiger partial charge on any atom is 0.243 e. The van der Waals surface area contributed by atoms with Gasteiger partial charge in [-0.2, -0.15) is 0 Å². The van der Waals surface area contributed by atoms with Gasteiger partial charge in [-0.05, 0) is 18.6 Å². The predicted octanol–water partition coefficient (Wildman–Crippen LogP) is 1.21. The highest BCUT2D eigenvalue weighted by molar-refractivity contribution is 5.84. The first-order chi connectivity index (χ1) is 13.0. The summed E-state index contributed by atoms with van der Waals surface area (Å²) < 4.78 is 24.5. The SMILES string of the molecule is CN(C)C(=O)CN=C(NCC1CCOC1)N(C)CCOc1ccccc1F. The van der Waals surface area contributed by atoms with Crippen molar-refractivity contribution in [3.63, 3.8) is 0 Å². The summed E-state index contributed by atoms with van der Waals surface area (Å²) in [4.78, 5) is 19.7. The molecule has 1 heterocycles. The molecular weight excluding hydrogens is 351 g/mol. The highest BCUT2D eigenvalue weighted by Gasteiger charge is 2.17. The molecule has 1 aromatic rings. The second-order valence-corrected chi connectivity index (χ2v) is 6.74. The summed E-state index contributed by atoms with van der Waals surface area (Å²) in [5.41, 5.74) is 0. The smallest absolute Gasteiger partial charge is 0.243 e. The summed E-state index contributed by atoms with van der Waals surface area (Å²) in [5.74, 6) is 0.819. The fraction of sp³-hybridized carbons (Fsp3) is 0.579. The number of aliphatic imine (C=N–C) groups is 1. The lowest BCUT2D eigenvalue weighted by Crippen LogP contribution is -2.43. The molecule has 150 valence electrons. The topological polar surface area (TPSA) is 66.4 Å². The highest BCUT2D eigenvalue weighted by Crippen LogP contribution is 2.15. The number of carbonyl (C=O) groups excluding carboxylic acids is 1. The van der Waals surface area contributed by atoms with Gasteiger partial charge in [-0.3, -0.25) is 4.79 Å². The number of hydrogen-bond donors (Lipinski definition) is 1. The molecule has 1 fully saturated rings. The molecule has 1 saturated heterocycles. The second-order valence-electron chi connectivity index (χ2n) is 6.74. The molecule has 1 unspecified atom stereocenters. The van der Waals surface area contributed by atoms with E-state index in [2.05, 4.69) is 10.3 Å². The van der Waals surface area contributed by atoms with Crippen LogP contribution in [0.25, 0.3) is 0 Å². The standard InChI is InChI=1S/C19H29FN4O3/c1-23(2)18(25)13-22-19(21-12-15-8-10-26-14-15)24(3)9-11-27-17-7-5-4-6-16(17)20/h4-7,15H,8-14H2,1-3H3,(H,21,22). The van der Waals surface area contributed by atoms with E-state index in [4.69, 9.17) is 9.47 Å². The van der Waals surface area contributed by atoms with Gasteiger partial charge in [0.1, 0.15) is 13.2 Å². The lowest BCUT2D eigenvalue weighted by Gasteiger charge is -2.24. The Morgan fingerprint density at radius 2 is 2.15 bits per heavy atom.